The van der Waals surface area contributed by atoms with E-state index in [4.69, 9.17) is 14.7 Å². The van der Waals surface area contributed by atoms with Crippen molar-refractivity contribution in [1.29, 1.82) is 5.26 Å². The quantitative estimate of drug-likeness (QED) is 0.460. The summed E-state index contributed by atoms with van der Waals surface area (Å²) in [4.78, 5) is 25.3. The van der Waals surface area contributed by atoms with Gasteiger partial charge in [0.05, 0.1) is 7.11 Å². The number of methoxy groups -OCH3 is 1. The van der Waals surface area contributed by atoms with Crippen LogP contribution in [0.1, 0.15) is 27.0 Å². The molecule has 0 aliphatic heterocycles. The molecule has 6 nitrogen and oxygen atoms in total. The van der Waals surface area contributed by atoms with Crippen LogP contribution >= 0.6 is 11.8 Å². The first-order valence-corrected chi connectivity index (χ1v) is 8.96. The van der Waals surface area contributed by atoms with E-state index in [0.717, 1.165) is 33.3 Å². The third kappa shape index (κ3) is 5.25. The number of amides is 1. The number of thiocyanates is 1. The Balaban J connectivity index is 2.04. The Bertz CT molecular complexity index is 896. The Labute approximate surface area is 162 Å². The highest BCUT2D eigenvalue weighted by atomic mass is 32.2. The molecule has 0 spiro atoms. The lowest BCUT2D eigenvalue weighted by molar-refractivity contribution is -0.119. The van der Waals surface area contributed by atoms with Gasteiger partial charge in [0.2, 0.25) is 0 Å². The summed E-state index contributed by atoms with van der Waals surface area (Å²) in [6, 6.07) is 8.79. The van der Waals surface area contributed by atoms with E-state index in [1.165, 1.54) is 7.11 Å². The summed E-state index contributed by atoms with van der Waals surface area (Å²) in [6.45, 7) is 5.12. The van der Waals surface area contributed by atoms with Crippen LogP contribution in [-0.4, -0.2) is 25.6 Å². The van der Waals surface area contributed by atoms with Crippen LogP contribution in [0.15, 0.2) is 35.2 Å². The molecule has 2 rings (SSSR count). The van der Waals surface area contributed by atoms with Crippen molar-refractivity contribution >= 4 is 29.3 Å². The van der Waals surface area contributed by atoms with Crippen LogP contribution in [0.4, 0.5) is 5.69 Å². The molecule has 0 aliphatic rings. The monoisotopic (exact) mass is 384 g/mol. The van der Waals surface area contributed by atoms with Gasteiger partial charge in [0, 0.05) is 10.6 Å². The molecule has 2 aromatic rings. The van der Waals surface area contributed by atoms with Gasteiger partial charge >= 0.3 is 5.97 Å². The molecule has 0 atom stereocenters. The van der Waals surface area contributed by atoms with E-state index < -0.39 is 18.5 Å². The Morgan fingerprint density at radius 1 is 1.15 bits per heavy atom. The Kier molecular flexibility index (Phi) is 6.85. The number of benzene rings is 2. The van der Waals surface area contributed by atoms with Crippen LogP contribution in [0, 0.1) is 31.4 Å². The maximum Gasteiger partial charge on any atom is 0.342 e. The van der Waals surface area contributed by atoms with Crippen molar-refractivity contribution in [2.45, 2.75) is 25.7 Å². The molecule has 0 unspecified atom stereocenters. The molecule has 0 aromatic heterocycles. The van der Waals surface area contributed by atoms with Gasteiger partial charge in [0.15, 0.2) is 6.61 Å². The molecule has 0 radical (unpaired) electrons. The average molecular weight is 384 g/mol. The number of nitrogens with zero attached hydrogens (tertiary/aromatic N) is 1. The van der Waals surface area contributed by atoms with Crippen molar-refractivity contribution in [3.8, 4) is 11.2 Å². The lowest BCUT2D eigenvalue weighted by atomic mass is 10.1. The van der Waals surface area contributed by atoms with Crippen molar-refractivity contribution in [3.63, 3.8) is 0 Å². The minimum Gasteiger partial charge on any atom is -0.496 e. The molecule has 2 aromatic carbocycles. The van der Waals surface area contributed by atoms with Gasteiger partial charge in [-0.15, -0.1) is 0 Å². The van der Waals surface area contributed by atoms with E-state index >= 15 is 0 Å². The molecule has 0 aliphatic carbocycles. The fraction of sp³-hybridized carbons (Fsp3) is 0.250. The van der Waals surface area contributed by atoms with Gasteiger partial charge in [-0.1, -0.05) is 11.6 Å². The van der Waals surface area contributed by atoms with E-state index in [9.17, 15) is 9.59 Å². The van der Waals surface area contributed by atoms with Gasteiger partial charge in [-0.25, -0.2) is 4.79 Å². The highest BCUT2D eigenvalue weighted by molar-refractivity contribution is 8.03. The zero-order chi connectivity index (χ0) is 20.0. The molecule has 0 bridgehead atoms. The zero-order valence-corrected chi connectivity index (χ0v) is 16.4. The summed E-state index contributed by atoms with van der Waals surface area (Å²) in [6.07, 6.45) is 0. The fourth-order valence-corrected chi connectivity index (χ4v) is 3.18. The Morgan fingerprint density at radius 3 is 2.41 bits per heavy atom. The summed E-state index contributed by atoms with van der Waals surface area (Å²) in [7, 11) is 1.47. The van der Waals surface area contributed by atoms with E-state index in [-0.39, 0.29) is 5.56 Å². The second kappa shape index (κ2) is 9.10. The van der Waals surface area contributed by atoms with Crippen LogP contribution < -0.4 is 10.1 Å². The number of nitriles is 1. The molecule has 140 valence electrons. The number of anilines is 1. The Morgan fingerprint density at radius 2 is 1.81 bits per heavy atom. The molecule has 0 saturated heterocycles. The normalized spacial score (nSPS) is 10.0. The minimum atomic E-state index is -0.625. The predicted octanol–water partition coefficient (Wildman–Crippen LogP) is 3.99. The highest BCUT2D eigenvalue weighted by Gasteiger charge is 2.16. The third-order valence-corrected chi connectivity index (χ3v) is 4.41. The fourth-order valence-electron chi connectivity index (χ4n) is 2.60. The average Bonchev–Trinajstić information content (AvgIpc) is 2.63. The number of hydrogen-bond donors (Lipinski definition) is 1. The van der Waals surface area contributed by atoms with Crippen molar-refractivity contribution < 1.29 is 19.1 Å². The standard InChI is InChI=1S/C20H20N2O4S/c1-12-5-6-17(25-4)16(7-12)20(24)26-10-18(23)22-19-13(2)8-15(27-11-21)9-14(19)3/h5-9H,10H2,1-4H3,(H,22,23). The third-order valence-electron chi connectivity index (χ3n) is 3.84. The second-order valence-electron chi connectivity index (χ2n) is 5.95. The molecule has 1 amide bonds. The highest BCUT2D eigenvalue weighted by Crippen LogP contribution is 2.27. The molecular weight excluding hydrogens is 364 g/mol. The molecule has 27 heavy (non-hydrogen) atoms. The topological polar surface area (TPSA) is 88.4 Å². The number of aryl methyl sites for hydroxylation is 3. The van der Waals surface area contributed by atoms with Crippen molar-refractivity contribution in [2.24, 2.45) is 0 Å². The molecular formula is C20H20N2O4S. The number of hydrogen-bond acceptors (Lipinski definition) is 6. The SMILES string of the molecule is COc1ccc(C)cc1C(=O)OCC(=O)Nc1c(C)cc(SC#N)cc1C. The van der Waals surface area contributed by atoms with E-state index in [2.05, 4.69) is 5.32 Å². The van der Waals surface area contributed by atoms with Gasteiger partial charge in [0.1, 0.15) is 16.7 Å². The van der Waals surface area contributed by atoms with Crippen LogP contribution in [0.2, 0.25) is 0 Å². The number of ether oxygens (including phenoxy) is 2. The van der Waals surface area contributed by atoms with Gasteiger partial charge in [-0.05, 0) is 67.9 Å². The summed E-state index contributed by atoms with van der Waals surface area (Å²) in [5, 5.41) is 13.5. The van der Waals surface area contributed by atoms with Crippen molar-refractivity contribution in [2.75, 3.05) is 19.0 Å². The first-order chi connectivity index (χ1) is 12.8. The maximum atomic E-state index is 12.3. The maximum absolute atomic E-state index is 12.3. The summed E-state index contributed by atoms with van der Waals surface area (Å²) in [5.41, 5.74) is 3.45. The second-order valence-corrected chi connectivity index (χ2v) is 6.81. The molecule has 1 N–H and O–H groups in total. The van der Waals surface area contributed by atoms with E-state index in [0.29, 0.717) is 11.4 Å². The van der Waals surface area contributed by atoms with Gasteiger partial charge < -0.3 is 14.8 Å². The number of nitrogens with one attached hydrogen (secondary N) is 1. The predicted molar refractivity (Wildman–Crippen MR) is 104 cm³/mol. The zero-order valence-electron chi connectivity index (χ0n) is 15.6. The Hall–Kier alpha value is -2.98. The first-order valence-electron chi connectivity index (χ1n) is 8.14. The van der Waals surface area contributed by atoms with E-state index in [1.807, 2.05) is 44.4 Å². The lowest BCUT2D eigenvalue weighted by Crippen LogP contribution is -2.22. The molecule has 0 fully saturated rings. The minimum absolute atomic E-state index is 0.274. The van der Waals surface area contributed by atoms with Crippen molar-refractivity contribution in [1.82, 2.24) is 0 Å². The lowest BCUT2D eigenvalue weighted by Gasteiger charge is -2.13. The molecule has 7 heteroatoms. The van der Waals surface area contributed by atoms with E-state index in [1.54, 1.807) is 12.1 Å². The number of thioether (sulfide) groups is 1. The van der Waals surface area contributed by atoms with Gasteiger partial charge in [-0.2, -0.15) is 5.26 Å². The van der Waals surface area contributed by atoms with Gasteiger partial charge in [0.25, 0.3) is 5.91 Å². The number of carbonyl (C=O) groups is 2. The number of rotatable bonds is 6. The summed E-state index contributed by atoms with van der Waals surface area (Å²) < 4.78 is 10.3. The summed E-state index contributed by atoms with van der Waals surface area (Å²) >= 11 is 1.06. The van der Waals surface area contributed by atoms with Crippen LogP contribution in [0.25, 0.3) is 0 Å². The first kappa shape index (κ1) is 20.3. The van der Waals surface area contributed by atoms with Crippen molar-refractivity contribution in [3.05, 3.63) is 52.6 Å². The number of esters is 1. The van der Waals surface area contributed by atoms with Crippen LogP contribution in [0.5, 0.6) is 5.75 Å². The molecule has 0 heterocycles. The smallest absolute Gasteiger partial charge is 0.342 e. The number of carbonyl (C=O) groups excluding carboxylic acids is 2. The van der Waals surface area contributed by atoms with Crippen LogP contribution in [0.3, 0.4) is 0 Å². The van der Waals surface area contributed by atoms with Crippen LogP contribution in [-0.2, 0) is 9.53 Å². The van der Waals surface area contributed by atoms with Gasteiger partial charge in [-0.3, -0.25) is 4.79 Å². The summed E-state index contributed by atoms with van der Waals surface area (Å²) in [5.74, 6) is -0.676. The largest absolute Gasteiger partial charge is 0.496 e. The molecule has 0 saturated carbocycles.